The molecule has 6 heteroatoms. The first-order valence-electron chi connectivity index (χ1n) is 9.10. The number of ketones is 1. The molecule has 2 aromatic carbocycles. The van der Waals surface area contributed by atoms with Crippen molar-refractivity contribution in [3.8, 4) is 17.0 Å². The van der Waals surface area contributed by atoms with E-state index >= 15 is 0 Å². The van der Waals surface area contributed by atoms with E-state index in [0.29, 0.717) is 17.0 Å². The number of pyridine rings is 1. The number of hydrogen-bond acceptors (Lipinski definition) is 3. The summed E-state index contributed by atoms with van der Waals surface area (Å²) >= 11 is 0. The van der Waals surface area contributed by atoms with Crippen molar-refractivity contribution in [1.29, 1.82) is 0 Å². The average Bonchev–Trinajstić information content (AvgIpc) is 3.04. The quantitative estimate of drug-likeness (QED) is 0.429. The molecule has 0 spiro atoms. The minimum atomic E-state index is -0.654. The second-order valence-corrected chi connectivity index (χ2v) is 6.74. The lowest BCUT2D eigenvalue weighted by atomic mass is 10.0. The van der Waals surface area contributed by atoms with Gasteiger partial charge in [-0.05, 0) is 44.2 Å². The van der Waals surface area contributed by atoms with Crippen LogP contribution in [0, 0.1) is 18.6 Å². The van der Waals surface area contributed by atoms with E-state index in [4.69, 9.17) is 4.74 Å². The topological polar surface area (TPSA) is 43.6 Å². The van der Waals surface area contributed by atoms with Crippen molar-refractivity contribution < 1.29 is 18.3 Å². The van der Waals surface area contributed by atoms with Crippen LogP contribution in [0.1, 0.15) is 28.5 Å². The maximum Gasteiger partial charge on any atom is 0.180 e. The van der Waals surface area contributed by atoms with Gasteiger partial charge in [-0.25, -0.2) is 13.8 Å². The number of imidazole rings is 1. The fourth-order valence-corrected chi connectivity index (χ4v) is 3.32. The SMILES string of the molecule is CC(=O)c1cccc(-c2c(C)nc3c(OCc4c(F)cccc4F)cccn23)c1. The molecule has 0 saturated carbocycles. The third kappa shape index (κ3) is 3.49. The molecule has 4 nitrogen and oxygen atoms in total. The number of aryl methyl sites for hydroxylation is 1. The van der Waals surface area contributed by atoms with Crippen LogP contribution in [0.15, 0.2) is 60.8 Å². The van der Waals surface area contributed by atoms with Gasteiger partial charge in [0.15, 0.2) is 17.2 Å². The number of benzene rings is 2. The van der Waals surface area contributed by atoms with Crippen LogP contribution in [0.2, 0.25) is 0 Å². The van der Waals surface area contributed by atoms with Crippen molar-refractivity contribution in [3.05, 3.63) is 89.2 Å². The summed E-state index contributed by atoms with van der Waals surface area (Å²) in [6.07, 6.45) is 1.83. The van der Waals surface area contributed by atoms with Gasteiger partial charge in [0, 0.05) is 17.3 Å². The third-order valence-electron chi connectivity index (χ3n) is 4.76. The number of ether oxygens (including phenoxy) is 1. The largest absolute Gasteiger partial charge is 0.485 e. The summed E-state index contributed by atoms with van der Waals surface area (Å²) in [6.45, 7) is 3.14. The van der Waals surface area contributed by atoms with Crippen LogP contribution in [-0.4, -0.2) is 15.2 Å². The van der Waals surface area contributed by atoms with Gasteiger partial charge in [0.1, 0.15) is 18.2 Å². The summed E-state index contributed by atoms with van der Waals surface area (Å²) in [5.74, 6) is -0.919. The summed E-state index contributed by atoms with van der Waals surface area (Å²) in [5, 5.41) is 0. The van der Waals surface area contributed by atoms with E-state index in [2.05, 4.69) is 4.98 Å². The molecule has 0 radical (unpaired) electrons. The molecule has 0 aliphatic carbocycles. The van der Waals surface area contributed by atoms with E-state index < -0.39 is 11.6 Å². The molecule has 0 aliphatic heterocycles. The lowest BCUT2D eigenvalue weighted by Gasteiger charge is -2.10. The second-order valence-electron chi connectivity index (χ2n) is 6.74. The van der Waals surface area contributed by atoms with Crippen LogP contribution in [0.5, 0.6) is 5.75 Å². The molecule has 0 aliphatic rings. The number of carbonyl (C=O) groups is 1. The summed E-state index contributed by atoms with van der Waals surface area (Å²) in [7, 11) is 0. The molecule has 0 atom stereocenters. The molecule has 2 heterocycles. The summed E-state index contributed by atoms with van der Waals surface area (Å²) < 4.78 is 35.3. The highest BCUT2D eigenvalue weighted by Gasteiger charge is 2.16. The Balaban J connectivity index is 1.75. The minimum Gasteiger partial charge on any atom is -0.485 e. The van der Waals surface area contributed by atoms with Crippen LogP contribution in [0.4, 0.5) is 8.78 Å². The maximum absolute atomic E-state index is 13.9. The highest BCUT2D eigenvalue weighted by Crippen LogP contribution is 2.30. The molecule has 0 unspecified atom stereocenters. The lowest BCUT2D eigenvalue weighted by molar-refractivity contribution is 0.101. The van der Waals surface area contributed by atoms with Crippen LogP contribution in [0.25, 0.3) is 16.9 Å². The van der Waals surface area contributed by atoms with E-state index in [9.17, 15) is 13.6 Å². The predicted molar refractivity (Wildman–Crippen MR) is 106 cm³/mol. The van der Waals surface area contributed by atoms with Gasteiger partial charge in [-0.2, -0.15) is 0 Å². The van der Waals surface area contributed by atoms with E-state index in [-0.39, 0.29) is 18.0 Å². The number of Topliss-reactive ketones (excluding diaryl/α,β-unsaturated/α-hetero) is 1. The molecule has 4 rings (SSSR count). The first-order chi connectivity index (χ1) is 14.0. The Labute approximate surface area is 166 Å². The van der Waals surface area contributed by atoms with Crippen molar-refractivity contribution in [2.45, 2.75) is 20.5 Å². The molecule has 0 N–H and O–H groups in total. The molecule has 146 valence electrons. The van der Waals surface area contributed by atoms with E-state index in [1.54, 1.807) is 18.2 Å². The molecular weight excluding hydrogens is 374 g/mol. The van der Waals surface area contributed by atoms with Gasteiger partial charge in [-0.3, -0.25) is 9.20 Å². The third-order valence-corrected chi connectivity index (χ3v) is 4.76. The molecule has 0 saturated heterocycles. The van der Waals surface area contributed by atoms with Crippen molar-refractivity contribution in [2.75, 3.05) is 0 Å². The van der Waals surface area contributed by atoms with Gasteiger partial charge in [0.05, 0.1) is 17.0 Å². The summed E-state index contributed by atoms with van der Waals surface area (Å²) in [6, 6.07) is 14.5. The summed E-state index contributed by atoms with van der Waals surface area (Å²) in [5.41, 5.74) is 3.43. The van der Waals surface area contributed by atoms with Gasteiger partial charge < -0.3 is 4.74 Å². The van der Waals surface area contributed by atoms with Crippen LogP contribution in [0.3, 0.4) is 0 Å². The number of fused-ring (bicyclic) bond motifs is 1. The van der Waals surface area contributed by atoms with Crippen molar-refractivity contribution >= 4 is 11.4 Å². The Morgan fingerprint density at radius 1 is 1.07 bits per heavy atom. The Morgan fingerprint density at radius 3 is 2.52 bits per heavy atom. The van der Waals surface area contributed by atoms with Gasteiger partial charge in [0.25, 0.3) is 0 Å². The van der Waals surface area contributed by atoms with Gasteiger partial charge in [-0.1, -0.05) is 24.3 Å². The van der Waals surface area contributed by atoms with Crippen molar-refractivity contribution in [2.24, 2.45) is 0 Å². The molecular formula is C23H18F2N2O2. The number of carbonyl (C=O) groups excluding carboxylic acids is 1. The zero-order chi connectivity index (χ0) is 20.5. The molecule has 29 heavy (non-hydrogen) atoms. The Bertz CT molecular complexity index is 1210. The molecule has 0 fully saturated rings. The number of halogens is 2. The van der Waals surface area contributed by atoms with Crippen LogP contribution in [-0.2, 0) is 6.61 Å². The van der Waals surface area contributed by atoms with Crippen molar-refractivity contribution in [1.82, 2.24) is 9.38 Å². The number of rotatable bonds is 5. The fraction of sp³-hybridized carbons (Fsp3) is 0.130. The van der Waals surface area contributed by atoms with Crippen LogP contribution < -0.4 is 4.74 Å². The highest BCUT2D eigenvalue weighted by atomic mass is 19.1. The number of nitrogens with zero attached hydrogens (tertiary/aromatic N) is 2. The Kier molecular flexibility index (Phi) is 4.84. The zero-order valence-electron chi connectivity index (χ0n) is 15.9. The predicted octanol–water partition coefficient (Wildman–Crippen LogP) is 5.37. The van der Waals surface area contributed by atoms with Gasteiger partial charge in [-0.15, -0.1) is 0 Å². The van der Waals surface area contributed by atoms with Crippen LogP contribution >= 0.6 is 0 Å². The minimum absolute atomic E-state index is 0.0192. The molecule has 4 aromatic rings. The first-order valence-corrected chi connectivity index (χ1v) is 9.10. The Hall–Kier alpha value is -3.54. The maximum atomic E-state index is 13.9. The smallest absolute Gasteiger partial charge is 0.180 e. The fourth-order valence-electron chi connectivity index (χ4n) is 3.32. The van der Waals surface area contributed by atoms with E-state index in [1.165, 1.54) is 25.1 Å². The monoisotopic (exact) mass is 392 g/mol. The second kappa shape index (κ2) is 7.47. The molecule has 0 amide bonds. The molecule has 2 aromatic heterocycles. The van der Waals surface area contributed by atoms with E-state index in [1.807, 2.05) is 35.7 Å². The Morgan fingerprint density at radius 2 is 1.79 bits per heavy atom. The highest BCUT2D eigenvalue weighted by molar-refractivity contribution is 5.95. The average molecular weight is 392 g/mol. The van der Waals surface area contributed by atoms with Gasteiger partial charge >= 0.3 is 0 Å². The zero-order valence-corrected chi connectivity index (χ0v) is 15.9. The number of hydrogen-bond donors (Lipinski definition) is 0. The van der Waals surface area contributed by atoms with Crippen molar-refractivity contribution in [3.63, 3.8) is 0 Å². The van der Waals surface area contributed by atoms with Gasteiger partial charge in [0.2, 0.25) is 0 Å². The number of aromatic nitrogens is 2. The summed E-state index contributed by atoms with van der Waals surface area (Å²) in [4.78, 5) is 16.3. The van der Waals surface area contributed by atoms with E-state index in [0.717, 1.165) is 17.0 Å². The normalized spacial score (nSPS) is 11.0. The standard InChI is InChI=1S/C23H18F2N2O2/c1-14-22(17-7-3-6-16(12-17)15(2)28)27-11-5-10-21(23(27)26-14)29-13-18-19(24)8-4-9-20(18)25/h3-12H,13H2,1-2H3. The molecule has 0 bridgehead atoms. The lowest BCUT2D eigenvalue weighted by Crippen LogP contribution is -2.03. The first kappa shape index (κ1) is 18.8.